The minimum absolute atomic E-state index is 0.142. The Morgan fingerprint density at radius 2 is 1.83 bits per heavy atom. The van der Waals surface area contributed by atoms with Gasteiger partial charge in [-0.3, -0.25) is 4.79 Å². The Morgan fingerprint density at radius 1 is 1.13 bits per heavy atom. The van der Waals surface area contributed by atoms with Crippen molar-refractivity contribution < 1.29 is 8.78 Å². The molecule has 4 rings (SSSR count). The molecule has 0 radical (unpaired) electrons. The Balaban J connectivity index is 1.96. The number of fused-ring (bicyclic) bond motifs is 1. The smallest absolute Gasteiger partial charge is 0.274 e. The van der Waals surface area contributed by atoms with E-state index in [1.54, 1.807) is 42.8 Å². The molecule has 30 heavy (non-hydrogen) atoms. The van der Waals surface area contributed by atoms with Gasteiger partial charge in [-0.1, -0.05) is 12.1 Å². The van der Waals surface area contributed by atoms with Gasteiger partial charge in [-0.15, -0.1) is 0 Å². The van der Waals surface area contributed by atoms with Crippen LogP contribution in [0.1, 0.15) is 28.6 Å². The monoisotopic (exact) mass is 405 g/mol. The molecule has 0 amide bonds. The molecule has 0 aliphatic heterocycles. The summed E-state index contributed by atoms with van der Waals surface area (Å²) >= 11 is 0. The maximum absolute atomic E-state index is 14.5. The lowest BCUT2D eigenvalue weighted by Crippen LogP contribution is -2.25. The van der Waals surface area contributed by atoms with Gasteiger partial charge < -0.3 is 10.3 Å². The summed E-state index contributed by atoms with van der Waals surface area (Å²) in [5.74, 6) is -1.44. The molecule has 0 aliphatic rings. The van der Waals surface area contributed by atoms with Crippen LogP contribution in [0.25, 0.3) is 16.8 Å². The zero-order valence-corrected chi connectivity index (χ0v) is 16.2. The van der Waals surface area contributed by atoms with Crippen LogP contribution in [0, 0.1) is 29.9 Å². The fourth-order valence-corrected chi connectivity index (χ4v) is 3.63. The molecule has 0 bridgehead atoms. The fourth-order valence-electron chi connectivity index (χ4n) is 3.63. The summed E-state index contributed by atoms with van der Waals surface area (Å²) in [6.45, 7) is 1.66. The van der Waals surface area contributed by atoms with Crippen LogP contribution >= 0.6 is 0 Å². The highest BCUT2D eigenvalue weighted by Gasteiger charge is 2.22. The molecular weight excluding hydrogens is 388 g/mol. The van der Waals surface area contributed by atoms with E-state index in [1.165, 1.54) is 16.6 Å². The second kappa shape index (κ2) is 7.21. The van der Waals surface area contributed by atoms with Gasteiger partial charge >= 0.3 is 0 Å². The highest BCUT2D eigenvalue weighted by Crippen LogP contribution is 2.31. The average Bonchev–Trinajstić information content (AvgIpc) is 3.08. The second-order valence-electron chi connectivity index (χ2n) is 7.00. The van der Waals surface area contributed by atoms with Crippen molar-refractivity contribution >= 4 is 5.65 Å². The Kier molecular flexibility index (Phi) is 4.68. The number of nitriles is 1. The third-order valence-electron chi connectivity index (χ3n) is 5.14. The van der Waals surface area contributed by atoms with Crippen molar-refractivity contribution in [2.75, 3.05) is 0 Å². The predicted octanol–water partition coefficient (Wildman–Crippen LogP) is 3.21. The maximum atomic E-state index is 14.5. The second-order valence-corrected chi connectivity index (χ2v) is 7.00. The fraction of sp³-hybridized carbons (Fsp3) is 0.136. The molecule has 1 atom stereocenters. The first kappa shape index (κ1) is 19.5. The van der Waals surface area contributed by atoms with Crippen LogP contribution < -0.4 is 11.3 Å². The first-order valence-electron chi connectivity index (χ1n) is 9.12. The van der Waals surface area contributed by atoms with Crippen molar-refractivity contribution in [2.45, 2.75) is 13.0 Å². The number of halogens is 2. The van der Waals surface area contributed by atoms with E-state index in [0.717, 1.165) is 12.1 Å². The van der Waals surface area contributed by atoms with Crippen molar-refractivity contribution in [3.63, 3.8) is 0 Å². The molecule has 0 fully saturated rings. The summed E-state index contributed by atoms with van der Waals surface area (Å²) < 4.78 is 30.8. The Labute approximate surface area is 170 Å². The van der Waals surface area contributed by atoms with Crippen LogP contribution in [-0.2, 0) is 7.05 Å². The van der Waals surface area contributed by atoms with Gasteiger partial charge in [0.05, 0.1) is 28.9 Å². The minimum atomic E-state index is -0.748. The standard InChI is InChI=1S/C22H17F2N5O/c1-12-20(16-8-7-15(23)9-17(16)24)22-28(2)18(10-19(30)29(22)27-12)21(26)14-5-3-13(11-25)4-6-14/h3-10,21H,26H2,1-2H3. The maximum Gasteiger partial charge on any atom is 0.274 e. The lowest BCUT2D eigenvalue weighted by molar-refractivity contribution is 0.585. The van der Waals surface area contributed by atoms with E-state index in [9.17, 15) is 13.6 Å². The lowest BCUT2D eigenvalue weighted by Gasteiger charge is -2.18. The van der Waals surface area contributed by atoms with E-state index >= 15 is 0 Å². The summed E-state index contributed by atoms with van der Waals surface area (Å²) in [7, 11) is 1.71. The van der Waals surface area contributed by atoms with Gasteiger partial charge in [-0.25, -0.2) is 8.78 Å². The van der Waals surface area contributed by atoms with Gasteiger partial charge in [0.25, 0.3) is 5.56 Å². The lowest BCUT2D eigenvalue weighted by atomic mass is 10.0. The van der Waals surface area contributed by atoms with Gasteiger partial charge in [0.1, 0.15) is 17.3 Å². The zero-order valence-electron chi connectivity index (χ0n) is 16.2. The number of hydrogen-bond donors (Lipinski definition) is 1. The van der Waals surface area contributed by atoms with Gasteiger partial charge in [-0.2, -0.15) is 14.9 Å². The third-order valence-corrected chi connectivity index (χ3v) is 5.14. The number of aryl methyl sites for hydroxylation is 2. The van der Waals surface area contributed by atoms with Crippen LogP contribution in [-0.4, -0.2) is 14.2 Å². The molecule has 2 heterocycles. The number of nitrogens with two attached hydrogens (primary N) is 1. The summed E-state index contributed by atoms with van der Waals surface area (Å²) in [6.07, 6.45) is 0. The Hall–Kier alpha value is -3.83. The molecule has 2 aromatic carbocycles. The quantitative estimate of drug-likeness (QED) is 0.567. The highest BCUT2D eigenvalue weighted by atomic mass is 19.1. The largest absolute Gasteiger partial charge is 0.330 e. The molecule has 4 aromatic rings. The molecular formula is C22H17F2N5O. The molecule has 0 saturated carbocycles. The van der Waals surface area contributed by atoms with E-state index in [-0.39, 0.29) is 5.56 Å². The Bertz CT molecular complexity index is 1380. The van der Waals surface area contributed by atoms with Gasteiger partial charge in [0.2, 0.25) is 0 Å². The molecule has 0 saturated heterocycles. The van der Waals surface area contributed by atoms with E-state index < -0.39 is 23.2 Å². The van der Waals surface area contributed by atoms with Gasteiger partial charge in [-0.05, 0) is 36.8 Å². The van der Waals surface area contributed by atoms with Crippen LogP contribution in [0.5, 0.6) is 0 Å². The number of rotatable bonds is 3. The van der Waals surface area contributed by atoms with Gasteiger partial charge in [0, 0.05) is 30.4 Å². The molecule has 0 aliphatic carbocycles. The first-order valence-corrected chi connectivity index (χ1v) is 9.12. The van der Waals surface area contributed by atoms with E-state index in [0.29, 0.717) is 33.7 Å². The third kappa shape index (κ3) is 3.06. The van der Waals surface area contributed by atoms with E-state index in [1.807, 2.05) is 6.07 Å². The number of nitrogens with zero attached hydrogens (tertiary/aromatic N) is 4. The summed E-state index contributed by atoms with van der Waals surface area (Å²) in [5.41, 5.74) is 9.00. The molecule has 2 aromatic heterocycles. The molecule has 6 nitrogen and oxygen atoms in total. The predicted molar refractivity (Wildman–Crippen MR) is 108 cm³/mol. The molecule has 1 unspecified atom stereocenters. The summed E-state index contributed by atoms with van der Waals surface area (Å²) in [5, 5.41) is 13.2. The normalized spacial score (nSPS) is 12.1. The minimum Gasteiger partial charge on any atom is -0.330 e. The number of benzene rings is 2. The topological polar surface area (TPSA) is 89.1 Å². The first-order chi connectivity index (χ1) is 14.3. The van der Waals surface area contributed by atoms with Crippen LogP contribution in [0.2, 0.25) is 0 Å². The SMILES string of the molecule is Cc1nn2c(=O)cc(C(N)c3ccc(C#N)cc3)n(C)c2c1-c1ccc(F)cc1F. The van der Waals surface area contributed by atoms with Crippen LogP contribution in [0.3, 0.4) is 0 Å². The molecule has 0 spiro atoms. The Morgan fingerprint density at radius 3 is 2.47 bits per heavy atom. The van der Waals surface area contributed by atoms with E-state index in [4.69, 9.17) is 11.0 Å². The van der Waals surface area contributed by atoms with Crippen LogP contribution in [0.4, 0.5) is 8.78 Å². The van der Waals surface area contributed by atoms with Crippen molar-refractivity contribution in [1.82, 2.24) is 14.2 Å². The number of hydrogen-bond acceptors (Lipinski definition) is 4. The van der Waals surface area contributed by atoms with Crippen LogP contribution in [0.15, 0.2) is 53.3 Å². The van der Waals surface area contributed by atoms with Crippen molar-refractivity contribution in [2.24, 2.45) is 12.8 Å². The van der Waals surface area contributed by atoms with Crippen molar-refractivity contribution in [3.8, 4) is 17.2 Å². The van der Waals surface area contributed by atoms with Crippen molar-refractivity contribution in [1.29, 1.82) is 5.26 Å². The van der Waals surface area contributed by atoms with E-state index in [2.05, 4.69) is 5.10 Å². The zero-order chi connectivity index (χ0) is 21.6. The average molecular weight is 405 g/mol. The summed E-state index contributed by atoms with van der Waals surface area (Å²) in [6, 6.07) is 12.8. The highest BCUT2D eigenvalue weighted by molar-refractivity contribution is 5.80. The summed E-state index contributed by atoms with van der Waals surface area (Å²) in [4.78, 5) is 12.8. The van der Waals surface area contributed by atoms with Crippen molar-refractivity contribution in [3.05, 3.63) is 93.0 Å². The number of aromatic nitrogens is 3. The van der Waals surface area contributed by atoms with Gasteiger partial charge in [0.15, 0.2) is 0 Å². The molecule has 8 heteroatoms. The molecule has 2 N–H and O–H groups in total. The molecule has 150 valence electrons.